The standard InChI is InChI=1S/C10H9NO2.C5H11NO2/c1-6-4-10(12)13-9-5-7(11)2-3-8(6)9;1-3(2)4(6)5(7)8/h2-5H,11H2,1H3;3-4H,6H2,1-2H3,(H,7,8). The first-order chi connectivity index (χ1) is 9.72. The Bertz CT molecular complexity index is 692. The van der Waals surface area contributed by atoms with Crippen molar-refractivity contribution in [1.82, 2.24) is 0 Å². The van der Waals surface area contributed by atoms with E-state index in [9.17, 15) is 9.59 Å². The normalized spacial score (nSPS) is 11.9. The van der Waals surface area contributed by atoms with Crippen LogP contribution in [0.5, 0.6) is 0 Å². The number of nitrogen functional groups attached to an aromatic ring is 1. The summed E-state index contributed by atoms with van der Waals surface area (Å²) in [5, 5.41) is 9.15. The second-order valence-corrected chi connectivity index (χ2v) is 5.11. The van der Waals surface area contributed by atoms with Gasteiger partial charge >= 0.3 is 11.6 Å². The monoisotopic (exact) mass is 292 g/mol. The minimum atomic E-state index is -0.931. The van der Waals surface area contributed by atoms with E-state index in [1.807, 2.05) is 13.0 Å². The number of aryl methyl sites for hydroxylation is 1. The first kappa shape index (κ1) is 16.7. The fraction of sp³-hybridized carbons (Fsp3) is 0.333. The molecule has 6 heteroatoms. The van der Waals surface area contributed by atoms with Gasteiger partial charge < -0.3 is 21.0 Å². The summed E-state index contributed by atoms with van der Waals surface area (Å²) in [5.41, 5.74) is 12.4. The van der Waals surface area contributed by atoms with Crippen molar-refractivity contribution in [3.63, 3.8) is 0 Å². The number of anilines is 1. The summed E-state index contributed by atoms with van der Waals surface area (Å²) in [5.74, 6) is -0.910. The molecule has 1 unspecified atom stereocenters. The number of benzene rings is 1. The maximum absolute atomic E-state index is 11.0. The zero-order chi connectivity index (χ0) is 16.2. The number of nitrogens with two attached hydrogens (primary N) is 2. The van der Waals surface area contributed by atoms with Crippen molar-refractivity contribution in [2.75, 3.05) is 5.73 Å². The van der Waals surface area contributed by atoms with Crippen molar-refractivity contribution in [3.8, 4) is 0 Å². The van der Waals surface area contributed by atoms with Gasteiger partial charge in [0.1, 0.15) is 11.6 Å². The Morgan fingerprint density at radius 2 is 1.90 bits per heavy atom. The highest BCUT2D eigenvalue weighted by Gasteiger charge is 2.14. The summed E-state index contributed by atoms with van der Waals surface area (Å²) in [6.45, 7) is 5.42. The summed E-state index contributed by atoms with van der Waals surface area (Å²) >= 11 is 0. The summed E-state index contributed by atoms with van der Waals surface area (Å²) in [4.78, 5) is 21.0. The zero-order valence-corrected chi connectivity index (χ0v) is 12.3. The molecule has 6 nitrogen and oxygen atoms in total. The SMILES string of the molecule is CC(C)C(N)C(=O)O.Cc1cc(=O)oc2cc(N)ccc12. The van der Waals surface area contributed by atoms with Crippen LogP contribution in [0.2, 0.25) is 0 Å². The van der Waals surface area contributed by atoms with Crippen LogP contribution in [0, 0.1) is 12.8 Å². The number of carboxylic acids is 1. The molecule has 5 N–H and O–H groups in total. The van der Waals surface area contributed by atoms with Gasteiger partial charge in [0, 0.05) is 23.2 Å². The average molecular weight is 292 g/mol. The molecule has 1 aromatic heterocycles. The lowest BCUT2D eigenvalue weighted by Crippen LogP contribution is -2.34. The Hall–Kier alpha value is -2.34. The smallest absolute Gasteiger partial charge is 0.336 e. The van der Waals surface area contributed by atoms with Gasteiger partial charge in [-0.05, 0) is 30.5 Å². The Morgan fingerprint density at radius 3 is 2.38 bits per heavy atom. The molecule has 0 fully saturated rings. The van der Waals surface area contributed by atoms with Gasteiger partial charge in [0.15, 0.2) is 0 Å². The molecule has 1 atom stereocenters. The summed E-state index contributed by atoms with van der Waals surface area (Å²) < 4.78 is 4.99. The van der Waals surface area contributed by atoms with Crippen LogP contribution in [-0.2, 0) is 4.79 Å². The number of carbonyl (C=O) groups is 1. The van der Waals surface area contributed by atoms with E-state index in [1.165, 1.54) is 6.07 Å². The number of hydrogen-bond acceptors (Lipinski definition) is 5. The Kier molecular flexibility index (Phi) is 5.49. The predicted octanol–water partition coefficient (Wildman–Crippen LogP) is 1.74. The molecule has 2 aromatic rings. The Labute approximate surface area is 122 Å². The summed E-state index contributed by atoms with van der Waals surface area (Å²) in [7, 11) is 0. The van der Waals surface area contributed by atoms with Gasteiger partial charge in [-0.25, -0.2) is 4.79 Å². The van der Waals surface area contributed by atoms with E-state index in [0.717, 1.165) is 10.9 Å². The molecule has 1 aromatic carbocycles. The van der Waals surface area contributed by atoms with Gasteiger partial charge in [0.25, 0.3) is 0 Å². The van der Waals surface area contributed by atoms with Crippen molar-refractivity contribution >= 4 is 22.6 Å². The van der Waals surface area contributed by atoms with Crippen molar-refractivity contribution < 1.29 is 14.3 Å². The summed E-state index contributed by atoms with van der Waals surface area (Å²) in [6, 6.07) is 6.05. The van der Waals surface area contributed by atoms with Gasteiger partial charge in [0.2, 0.25) is 0 Å². The fourth-order valence-corrected chi connectivity index (χ4v) is 1.63. The lowest BCUT2D eigenvalue weighted by molar-refractivity contribution is -0.139. The van der Waals surface area contributed by atoms with E-state index in [-0.39, 0.29) is 11.5 Å². The molecule has 0 aliphatic rings. The Morgan fingerprint density at radius 1 is 1.29 bits per heavy atom. The van der Waals surface area contributed by atoms with Gasteiger partial charge in [-0.2, -0.15) is 0 Å². The molecule has 0 bridgehead atoms. The van der Waals surface area contributed by atoms with Crippen LogP contribution in [0.4, 0.5) is 5.69 Å². The molecule has 2 rings (SSSR count). The van der Waals surface area contributed by atoms with Gasteiger partial charge in [-0.3, -0.25) is 4.79 Å². The fourth-order valence-electron chi connectivity index (χ4n) is 1.63. The van der Waals surface area contributed by atoms with Crippen LogP contribution in [-0.4, -0.2) is 17.1 Å². The van der Waals surface area contributed by atoms with Crippen molar-refractivity contribution in [1.29, 1.82) is 0 Å². The first-order valence-corrected chi connectivity index (χ1v) is 6.50. The second-order valence-electron chi connectivity index (χ2n) is 5.11. The molecule has 0 saturated carbocycles. The van der Waals surface area contributed by atoms with Gasteiger partial charge in [-0.15, -0.1) is 0 Å². The van der Waals surface area contributed by atoms with Crippen LogP contribution in [0.1, 0.15) is 19.4 Å². The van der Waals surface area contributed by atoms with Crippen LogP contribution in [0.25, 0.3) is 11.0 Å². The largest absolute Gasteiger partial charge is 0.480 e. The third-order valence-electron chi connectivity index (χ3n) is 2.98. The molecule has 0 radical (unpaired) electrons. The van der Waals surface area contributed by atoms with E-state index in [4.69, 9.17) is 21.0 Å². The van der Waals surface area contributed by atoms with Crippen molar-refractivity contribution in [2.45, 2.75) is 26.8 Å². The van der Waals surface area contributed by atoms with Crippen LogP contribution in [0.15, 0.2) is 33.5 Å². The van der Waals surface area contributed by atoms with Crippen molar-refractivity contribution in [2.24, 2.45) is 11.7 Å². The van der Waals surface area contributed by atoms with E-state index in [2.05, 4.69) is 0 Å². The topological polar surface area (TPSA) is 120 Å². The second kappa shape index (κ2) is 6.90. The maximum Gasteiger partial charge on any atom is 0.336 e. The minimum Gasteiger partial charge on any atom is -0.480 e. The molecule has 0 spiro atoms. The van der Waals surface area contributed by atoms with Gasteiger partial charge in [-0.1, -0.05) is 13.8 Å². The molecular formula is C15H20N2O4. The molecule has 114 valence electrons. The van der Waals surface area contributed by atoms with E-state index < -0.39 is 12.0 Å². The van der Waals surface area contributed by atoms with E-state index in [1.54, 1.807) is 26.0 Å². The number of carboxylic acid groups (broad SMARTS) is 1. The summed E-state index contributed by atoms with van der Waals surface area (Å²) in [6.07, 6.45) is 0. The van der Waals surface area contributed by atoms with Crippen molar-refractivity contribution in [3.05, 3.63) is 40.2 Å². The lowest BCUT2D eigenvalue weighted by atomic mass is 10.1. The van der Waals surface area contributed by atoms with E-state index >= 15 is 0 Å². The highest BCUT2D eigenvalue weighted by atomic mass is 16.4. The molecule has 1 heterocycles. The highest BCUT2D eigenvalue weighted by Crippen LogP contribution is 2.18. The highest BCUT2D eigenvalue weighted by molar-refractivity contribution is 5.82. The number of rotatable bonds is 2. The molecule has 21 heavy (non-hydrogen) atoms. The number of fused-ring (bicyclic) bond motifs is 1. The first-order valence-electron chi connectivity index (χ1n) is 6.50. The number of hydrogen-bond donors (Lipinski definition) is 3. The molecule has 0 aliphatic carbocycles. The molecule has 0 amide bonds. The third kappa shape index (κ3) is 4.61. The maximum atomic E-state index is 11.0. The average Bonchev–Trinajstić information content (AvgIpc) is 2.37. The Balaban J connectivity index is 0.000000240. The quantitative estimate of drug-likeness (QED) is 0.573. The third-order valence-corrected chi connectivity index (χ3v) is 2.98. The van der Waals surface area contributed by atoms with E-state index in [0.29, 0.717) is 11.3 Å². The number of aliphatic carboxylic acids is 1. The van der Waals surface area contributed by atoms with Gasteiger partial charge in [0.05, 0.1) is 0 Å². The van der Waals surface area contributed by atoms with Crippen LogP contribution >= 0.6 is 0 Å². The molecular weight excluding hydrogens is 272 g/mol. The minimum absolute atomic E-state index is 0.0208. The molecule has 0 aliphatic heterocycles. The molecule has 0 saturated heterocycles. The zero-order valence-electron chi connectivity index (χ0n) is 12.3. The predicted molar refractivity (Wildman–Crippen MR) is 82.1 cm³/mol. The van der Waals surface area contributed by atoms with Crippen LogP contribution in [0.3, 0.4) is 0 Å². The van der Waals surface area contributed by atoms with Crippen LogP contribution < -0.4 is 17.1 Å². The lowest BCUT2D eigenvalue weighted by Gasteiger charge is -2.07.